The van der Waals surface area contributed by atoms with E-state index in [0.29, 0.717) is 11.8 Å². The van der Waals surface area contributed by atoms with Gasteiger partial charge in [0.1, 0.15) is 0 Å². The Hall–Kier alpha value is -1.07. The Kier molecular flexibility index (Phi) is 7.19. The van der Waals surface area contributed by atoms with E-state index in [0.717, 1.165) is 19.0 Å². The maximum absolute atomic E-state index is 4.33. The van der Waals surface area contributed by atoms with Crippen LogP contribution >= 0.6 is 11.3 Å². The van der Waals surface area contributed by atoms with Crippen LogP contribution in [0.5, 0.6) is 0 Å². The zero-order valence-corrected chi connectivity index (χ0v) is 15.0. The highest BCUT2D eigenvalue weighted by atomic mass is 32.1. The van der Waals surface area contributed by atoms with Gasteiger partial charge in [-0.05, 0) is 43.3 Å². The third-order valence-electron chi connectivity index (χ3n) is 4.21. The van der Waals surface area contributed by atoms with Gasteiger partial charge in [-0.1, -0.05) is 19.9 Å². The van der Waals surface area contributed by atoms with Gasteiger partial charge in [0.15, 0.2) is 5.96 Å². The Balaban J connectivity index is 1.66. The third kappa shape index (κ3) is 5.61. The molecular formula is C17H30N4S. The van der Waals surface area contributed by atoms with Gasteiger partial charge >= 0.3 is 0 Å². The average molecular weight is 323 g/mol. The number of guanidine groups is 1. The minimum Gasteiger partial charge on any atom is -0.356 e. The van der Waals surface area contributed by atoms with Gasteiger partial charge in [0.05, 0.1) is 0 Å². The normalized spacial score (nSPS) is 19.1. The molecule has 1 saturated heterocycles. The number of nitrogens with one attached hydrogen (secondary N) is 2. The summed E-state index contributed by atoms with van der Waals surface area (Å²) in [7, 11) is 1.84. The molecular weight excluding hydrogens is 292 g/mol. The number of hydrogen-bond donors (Lipinski definition) is 2. The molecule has 1 aliphatic rings. The van der Waals surface area contributed by atoms with E-state index < -0.39 is 0 Å². The van der Waals surface area contributed by atoms with E-state index in [4.69, 9.17) is 0 Å². The number of nitrogens with zero attached hydrogens (tertiary/aromatic N) is 2. The molecule has 22 heavy (non-hydrogen) atoms. The van der Waals surface area contributed by atoms with Crippen LogP contribution in [-0.2, 0) is 0 Å². The lowest BCUT2D eigenvalue weighted by molar-refractivity contribution is 0.287. The van der Waals surface area contributed by atoms with Gasteiger partial charge in [0.2, 0.25) is 0 Å². The summed E-state index contributed by atoms with van der Waals surface area (Å²) in [6, 6.07) is 4.31. The molecule has 124 valence electrons. The topological polar surface area (TPSA) is 39.7 Å². The molecule has 5 heteroatoms. The summed E-state index contributed by atoms with van der Waals surface area (Å²) in [5, 5.41) is 9.04. The van der Waals surface area contributed by atoms with Crippen LogP contribution < -0.4 is 10.6 Å². The third-order valence-corrected chi connectivity index (χ3v) is 5.32. The van der Waals surface area contributed by atoms with Crippen LogP contribution in [-0.4, -0.2) is 50.6 Å². The number of rotatable bonds is 7. The van der Waals surface area contributed by atoms with Gasteiger partial charge in [0, 0.05) is 37.5 Å². The minimum absolute atomic E-state index is 0.514. The fraction of sp³-hybridized carbons (Fsp3) is 0.706. The molecule has 1 fully saturated rings. The molecule has 0 bridgehead atoms. The second-order valence-corrected chi connectivity index (χ2v) is 7.34. The van der Waals surface area contributed by atoms with Crippen LogP contribution in [0.15, 0.2) is 22.5 Å². The molecule has 1 aromatic rings. The van der Waals surface area contributed by atoms with Crippen LogP contribution in [0.25, 0.3) is 0 Å². The van der Waals surface area contributed by atoms with Gasteiger partial charge in [-0.25, -0.2) is 0 Å². The zero-order valence-electron chi connectivity index (χ0n) is 14.1. The quantitative estimate of drug-likeness (QED) is 0.599. The summed E-state index contributed by atoms with van der Waals surface area (Å²) in [6.07, 6.45) is 2.73. The van der Waals surface area contributed by atoms with Crippen molar-refractivity contribution in [3.8, 4) is 0 Å². The fourth-order valence-corrected chi connectivity index (χ4v) is 3.67. The van der Waals surface area contributed by atoms with E-state index in [1.54, 1.807) is 0 Å². The van der Waals surface area contributed by atoms with Gasteiger partial charge in [-0.2, -0.15) is 0 Å². The van der Waals surface area contributed by atoms with Crippen LogP contribution in [0.4, 0.5) is 0 Å². The average Bonchev–Trinajstić information content (AvgIpc) is 3.20. The molecule has 0 aliphatic carbocycles. The van der Waals surface area contributed by atoms with Crippen LogP contribution in [0.1, 0.15) is 37.5 Å². The predicted octanol–water partition coefficient (Wildman–Crippen LogP) is 2.75. The second kappa shape index (κ2) is 9.16. The summed E-state index contributed by atoms with van der Waals surface area (Å²) in [5.74, 6) is 2.07. The van der Waals surface area contributed by atoms with Crippen molar-refractivity contribution < 1.29 is 0 Å². The summed E-state index contributed by atoms with van der Waals surface area (Å²) in [4.78, 5) is 8.32. The number of likely N-dealkylation sites (tertiary alicyclic amines) is 1. The monoisotopic (exact) mass is 322 g/mol. The first-order chi connectivity index (χ1) is 10.7. The molecule has 1 aliphatic heterocycles. The lowest BCUT2D eigenvalue weighted by Crippen LogP contribution is -2.42. The number of hydrogen-bond acceptors (Lipinski definition) is 3. The molecule has 0 aromatic carbocycles. The summed E-state index contributed by atoms with van der Waals surface area (Å²) in [5.41, 5.74) is 0. The standard InChI is InChI=1S/C17H30N4S/c1-14(13-21-8-4-5-9-21)11-19-17(18-3)20-12-15(2)16-7-6-10-22-16/h6-7,10,14-15H,4-5,8-9,11-13H2,1-3H3,(H2,18,19,20). The van der Waals surface area contributed by atoms with Crippen molar-refractivity contribution in [3.63, 3.8) is 0 Å². The van der Waals surface area contributed by atoms with Crippen molar-refractivity contribution in [2.75, 3.05) is 39.8 Å². The maximum atomic E-state index is 4.33. The van der Waals surface area contributed by atoms with Crippen molar-refractivity contribution >= 4 is 17.3 Å². The molecule has 0 saturated carbocycles. The smallest absolute Gasteiger partial charge is 0.191 e. The van der Waals surface area contributed by atoms with E-state index in [2.05, 4.69) is 51.9 Å². The van der Waals surface area contributed by atoms with Crippen molar-refractivity contribution in [1.82, 2.24) is 15.5 Å². The fourth-order valence-electron chi connectivity index (χ4n) is 2.88. The highest BCUT2D eigenvalue weighted by Gasteiger charge is 2.15. The SMILES string of the molecule is CN=C(NCC(C)CN1CCCC1)NCC(C)c1cccs1. The lowest BCUT2D eigenvalue weighted by Gasteiger charge is -2.22. The molecule has 2 heterocycles. The van der Waals surface area contributed by atoms with Crippen molar-refractivity contribution in [3.05, 3.63) is 22.4 Å². The lowest BCUT2D eigenvalue weighted by atomic mass is 10.1. The molecule has 1 aromatic heterocycles. The summed E-state index contributed by atoms with van der Waals surface area (Å²) >= 11 is 1.82. The van der Waals surface area contributed by atoms with Crippen molar-refractivity contribution in [2.24, 2.45) is 10.9 Å². The Morgan fingerprint density at radius 1 is 1.27 bits per heavy atom. The molecule has 2 N–H and O–H groups in total. The molecule has 0 spiro atoms. The van der Waals surface area contributed by atoms with Gasteiger partial charge in [0.25, 0.3) is 0 Å². The largest absolute Gasteiger partial charge is 0.356 e. The first-order valence-electron chi connectivity index (χ1n) is 8.39. The Morgan fingerprint density at radius 2 is 2.00 bits per heavy atom. The Morgan fingerprint density at radius 3 is 2.64 bits per heavy atom. The first-order valence-corrected chi connectivity index (χ1v) is 9.27. The summed E-state index contributed by atoms with van der Waals surface area (Å²) < 4.78 is 0. The Bertz CT molecular complexity index is 438. The summed E-state index contributed by atoms with van der Waals surface area (Å²) in [6.45, 7) is 10.2. The molecule has 2 rings (SSSR count). The maximum Gasteiger partial charge on any atom is 0.191 e. The van der Waals surface area contributed by atoms with Crippen molar-refractivity contribution in [2.45, 2.75) is 32.6 Å². The van der Waals surface area contributed by atoms with Gasteiger partial charge in [-0.3, -0.25) is 4.99 Å². The van der Waals surface area contributed by atoms with Gasteiger partial charge in [-0.15, -0.1) is 11.3 Å². The van der Waals surface area contributed by atoms with E-state index in [1.165, 1.54) is 37.4 Å². The molecule has 0 amide bonds. The highest BCUT2D eigenvalue weighted by molar-refractivity contribution is 7.10. The first kappa shape index (κ1) is 17.3. The van der Waals surface area contributed by atoms with E-state index in [-0.39, 0.29) is 0 Å². The van der Waals surface area contributed by atoms with Crippen LogP contribution in [0.3, 0.4) is 0 Å². The molecule has 2 atom stereocenters. The predicted molar refractivity (Wildman–Crippen MR) is 96.9 cm³/mol. The number of aliphatic imine (C=N–C) groups is 1. The van der Waals surface area contributed by atoms with Crippen molar-refractivity contribution in [1.29, 1.82) is 0 Å². The van der Waals surface area contributed by atoms with Gasteiger partial charge < -0.3 is 15.5 Å². The van der Waals surface area contributed by atoms with Crippen LogP contribution in [0, 0.1) is 5.92 Å². The molecule has 2 unspecified atom stereocenters. The van der Waals surface area contributed by atoms with Crippen LogP contribution in [0.2, 0.25) is 0 Å². The zero-order chi connectivity index (χ0) is 15.8. The van der Waals surface area contributed by atoms with E-state index >= 15 is 0 Å². The number of thiophene rings is 1. The Labute approximate surface area is 139 Å². The second-order valence-electron chi connectivity index (χ2n) is 6.36. The minimum atomic E-state index is 0.514. The molecule has 4 nitrogen and oxygen atoms in total. The van der Waals surface area contributed by atoms with E-state index in [1.807, 2.05) is 18.4 Å². The molecule has 0 radical (unpaired) electrons. The highest BCUT2D eigenvalue weighted by Crippen LogP contribution is 2.19. The van der Waals surface area contributed by atoms with E-state index in [9.17, 15) is 0 Å².